The number of halogens is 2. The number of hydrogen-bond donors (Lipinski definition) is 1. The fourth-order valence-corrected chi connectivity index (χ4v) is 2.68. The maximum Gasteiger partial charge on any atom is 0.144 e. The highest BCUT2D eigenvalue weighted by Gasteiger charge is 2.21. The van der Waals surface area contributed by atoms with E-state index in [1.165, 1.54) is 6.07 Å². The first-order chi connectivity index (χ1) is 7.74. The van der Waals surface area contributed by atoms with E-state index in [4.69, 9.17) is 0 Å². The molecule has 0 aliphatic carbocycles. The van der Waals surface area contributed by atoms with Gasteiger partial charge in [0, 0.05) is 11.6 Å². The van der Waals surface area contributed by atoms with E-state index in [1.54, 1.807) is 12.3 Å². The van der Waals surface area contributed by atoms with Crippen LogP contribution in [0, 0.1) is 11.6 Å². The second-order valence-corrected chi connectivity index (χ2v) is 4.80. The molecular formula is C12H15F2NS. The Bertz CT molecular complexity index is 376. The van der Waals surface area contributed by atoms with Gasteiger partial charge in [0.15, 0.2) is 0 Å². The van der Waals surface area contributed by atoms with Crippen LogP contribution in [0.3, 0.4) is 0 Å². The molecule has 0 aromatic heterocycles. The Kier molecular flexibility index (Phi) is 3.82. The quantitative estimate of drug-likeness (QED) is 0.798. The standard InChI is InChI=1S/C12H15F2NS/c1-16-12-9(13)6-5-8(11(12)14)10-4-2-3-7-15-10/h5-6,10,15H,2-4,7H2,1H3. The average Bonchev–Trinajstić information content (AvgIpc) is 2.31. The summed E-state index contributed by atoms with van der Waals surface area (Å²) in [5.74, 6) is -0.864. The molecule has 1 fully saturated rings. The fourth-order valence-electron chi connectivity index (χ4n) is 2.12. The molecule has 0 radical (unpaired) electrons. The van der Waals surface area contributed by atoms with Crippen molar-refractivity contribution >= 4 is 11.8 Å². The minimum Gasteiger partial charge on any atom is -0.310 e. The van der Waals surface area contributed by atoms with Crippen LogP contribution in [0.4, 0.5) is 8.78 Å². The zero-order valence-corrected chi connectivity index (χ0v) is 10.0. The number of rotatable bonds is 2. The largest absolute Gasteiger partial charge is 0.310 e. The zero-order valence-electron chi connectivity index (χ0n) is 9.22. The number of nitrogens with one attached hydrogen (secondary N) is 1. The molecule has 16 heavy (non-hydrogen) atoms. The minimum absolute atomic E-state index is 0.0419. The highest BCUT2D eigenvalue weighted by molar-refractivity contribution is 7.98. The third kappa shape index (κ3) is 2.23. The van der Waals surface area contributed by atoms with Gasteiger partial charge in [-0.1, -0.05) is 12.5 Å². The topological polar surface area (TPSA) is 12.0 Å². The van der Waals surface area contributed by atoms with Crippen LogP contribution in [0.1, 0.15) is 30.9 Å². The predicted octanol–water partition coefficient (Wildman–Crippen LogP) is 3.50. The summed E-state index contributed by atoms with van der Waals surface area (Å²) in [6, 6.07) is 2.97. The third-order valence-corrected chi connectivity index (χ3v) is 3.75. The fraction of sp³-hybridized carbons (Fsp3) is 0.500. The van der Waals surface area contributed by atoms with Gasteiger partial charge in [-0.3, -0.25) is 0 Å². The molecule has 0 spiro atoms. The zero-order chi connectivity index (χ0) is 11.5. The van der Waals surface area contributed by atoms with Crippen molar-refractivity contribution in [3.8, 4) is 0 Å². The second-order valence-electron chi connectivity index (χ2n) is 3.99. The van der Waals surface area contributed by atoms with Gasteiger partial charge in [-0.05, 0) is 31.7 Å². The summed E-state index contributed by atoms with van der Waals surface area (Å²) in [4.78, 5) is 0.130. The van der Waals surface area contributed by atoms with Crippen molar-refractivity contribution in [3.05, 3.63) is 29.3 Å². The van der Waals surface area contributed by atoms with Gasteiger partial charge in [0.1, 0.15) is 11.6 Å². The predicted molar refractivity (Wildman–Crippen MR) is 62.7 cm³/mol. The molecule has 2 rings (SSSR count). The first-order valence-electron chi connectivity index (χ1n) is 5.49. The van der Waals surface area contributed by atoms with Gasteiger partial charge in [0.2, 0.25) is 0 Å². The van der Waals surface area contributed by atoms with Crippen LogP contribution in [-0.2, 0) is 0 Å². The molecule has 88 valence electrons. The number of thioether (sulfide) groups is 1. The first kappa shape index (κ1) is 11.9. The smallest absolute Gasteiger partial charge is 0.144 e. The maximum atomic E-state index is 14.0. The van der Waals surface area contributed by atoms with Crippen molar-refractivity contribution in [2.45, 2.75) is 30.2 Å². The van der Waals surface area contributed by atoms with E-state index in [0.29, 0.717) is 5.56 Å². The van der Waals surface area contributed by atoms with Crippen LogP contribution < -0.4 is 5.32 Å². The van der Waals surface area contributed by atoms with E-state index in [-0.39, 0.29) is 10.9 Å². The van der Waals surface area contributed by atoms with Crippen LogP contribution in [0.2, 0.25) is 0 Å². The Morgan fingerprint density at radius 1 is 1.31 bits per heavy atom. The third-order valence-electron chi connectivity index (χ3n) is 2.97. The van der Waals surface area contributed by atoms with Gasteiger partial charge in [-0.2, -0.15) is 0 Å². The molecule has 1 atom stereocenters. The highest BCUT2D eigenvalue weighted by Crippen LogP contribution is 2.31. The molecule has 0 bridgehead atoms. The SMILES string of the molecule is CSc1c(F)ccc(C2CCCCN2)c1F. The lowest BCUT2D eigenvalue weighted by atomic mass is 9.97. The summed E-state index contributed by atoms with van der Waals surface area (Å²) < 4.78 is 27.3. The summed E-state index contributed by atoms with van der Waals surface area (Å²) in [5, 5.41) is 3.28. The Labute approximate surface area is 98.6 Å². The molecule has 0 saturated carbocycles. The summed E-state index contributed by atoms with van der Waals surface area (Å²) in [6.07, 6.45) is 4.85. The Hall–Kier alpha value is -0.610. The molecule has 1 aliphatic heterocycles. The molecule has 1 heterocycles. The summed E-state index contributed by atoms with van der Waals surface area (Å²) >= 11 is 1.12. The van der Waals surface area contributed by atoms with E-state index in [2.05, 4.69) is 5.32 Å². The minimum atomic E-state index is -0.468. The molecule has 1 saturated heterocycles. The normalized spacial score (nSPS) is 21.1. The molecule has 1 aliphatic rings. The van der Waals surface area contributed by atoms with Crippen molar-refractivity contribution < 1.29 is 8.78 Å². The summed E-state index contributed by atoms with van der Waals surface area (Å²) in [5.41, 5.74) is 0.602. The molecule has 1 aromatic carbocycles. The molecular weight excluding hydrogens is 228 g/mol. The lowest BCUT2D eigenvalue weighted by molar-refractivity contribution is 0.394. The van der Waals surface area contributed by atoms with Crippen LogP contribution in [0.5, 0.6) is 0 Å². The van der Waals surface area contributed by atoms with Gasteiger partial charge in [0.25, 0.3) is 0 Å². The van der Waals surface area contributed by atoms with Crippen molar-refractivity contribution in [1.29, 1.82) is 0 Å². The van der Waals surface area contributed by atoms with Crippen molar-refractivity contribution in [2.24, 2.45) is 0 Å². The van der Waals surface area contributed by atoms with Gasteiger partial charge in [0.05, 0.1) is 4.90 Å². The van der Waals surface area contributed by atoms with E-state index in [0.717, 1.165) is 37.6 Å². The van der Waals surface area contributed by atoms with Crippen LogP contribution in [0.25, 0.3) is 0 Å². The Balaban J connectivity index is 2.33. The molecule has 1 unspecified atom stereocenters. The highest BCUT2D eigenvalue weighted by atomic mass is 32.2. The van der Waals surface area contributed by atoms with E-state index >= 15 is 0 Å². The van der Waals surface area contributed by atoms with Crippen LogP contribution in [0.15, 0.2) is 17.0 Å². The summed E-state index contributed by atoms with van der Waals surface area (Å²) in [7, 11) is 0. The molecule has 0 amide bonds. The first-order valence-corrected chi connectivity index (χ1v) is 6.71. The Morgan fingerprint density at radius 2 is 2.12 bits per heavy atom. The van der Waals surface area contributed by atoms with E-state index < -0.39 is 11.6 Å². The second kappa shape index (κ2) is 5.15. The van der Waals surface area contributed by atoms with Crippen molar-refractivity contribution in [3.63, 3.8) is 0 Å². The van der Waals surface area contributed by atoms with Crippen molar-refractivity contribution in [2.75, 3.05) is 12.8 Å². The van der Waals surface area contributed by atoms with E-state index in [9.17, 15) is 8.78 Å². The summed E-state index contributed by atoms with van der Waals surface area (Å²) in [6.45, 7) is 0.913. The van der Waals surface area contributed by atoms with Gasteiger partial charge in [-0.25, -0.2) is 8.78 Å². The van der Waals surface area contributed by atoms with Gasteiger partial charge < -0.3 is 5.32 Å². The molecule has 1 aromatic rings. The molecule has 1 nitrogen and oxygen atoms in total. The van der Waals surface area contributed by atoms with Crippen LogP contribution in [-0.4, -0.2) is 12.8 Å². The lowest BCUT2D eigenvalue weighted by Gasteiger charge is -2.24. The number of hydrogen-bond acceptors (Lipinski definition) is 2. The average molecular weight is 243 g/mol. The van der Waals surface area contributed by atoms with Crippen molar-refractivity contribution in [1.82, 2.24) is 5.32 Å². The lowest BCUT2D eigenvalue weighted by Crippen LogP contribution is -2.27. The van der Waals surface area contributed by atoms with Gasteiger partial charge in [-0.15, -0.1) is 11.8 Å². The Morgan fingerprint density at radius 3 is 2.75 bits per heavy atom. The number of piperidine rings is 1. The van der Waals surface area contributed by atoms with Gasteiger partial charge >= 0.3 is 0 Å². The monoisotopic (exact) mass is 243 g/mol. The maximum absolute atomic E-state index is 14.0. The van der Waals surface area contributed by atoms with E-state index in [1.807, 2.05) is 0 Å². The number of benzene rings is 1. The molecule has 1 N–H and O–H groups in total. The molecule has 4 heteroatoms. The van der Waals surface area contributed by atoms with Crippen LogP contribution >= 0.6 is 11.8 Å².